The molecule has 2 aromatic heterocycles. The van der Waals surface area contributed by atoms with Gasteiger partial charge in [-0.05, 0) is 26.1 Å². The monoisotopic (exact) mass is 248 g/mol. The van der Waals surface area contributed by atoms with Crippen molar-refractivity contribution in [3.8, 4) is 11.4 Å². The van der Waals surface area contributed by atoms with E-state index in [9.17, 15) is 0 Å². The number of thiazole rings is 1. The number of rotatable bonds is 4. The number of hydrogen-bond donors (Lipinski definition) is 2. The molecule has 0 spiro atoms. The van der Waals surface area contributed by atoms with Crippen molar-refractivity contribution in [2.45, 2.75) is 13.0 Å². The SMILES string of the molecule is CNc1nc(-c2ccccn2)c(C(C)NC)s1. The predicted octanol–water partition coefficient (Wildman–Crippen LogP) is 2.53. The third-order valence-electron chi connectivity index (χ3n) is 2.60. The van der Waals surface area contributed by atoms with Gasteiger partial charge in [0.25, 0.3) is 0 Å². The molecule has 4 nitrogen and oxygen atoms in total. The lowest BCUT2D eigenvalue weighted by Crippen LogP contribution is -2.11. The number of aromatic nitrogens is 2. The van der Waals surface area contributed by atoms with Crippen molar-refractivity contribution in [1.29, 1.82) is 0 Å². The Morgan fingerprint density at radius 1 is 1.29 bits per heavy atom. The Morgan fingerprint density at radius 3 is 2.71 bits per heavy atom. The molecule has 0 aliphatic rings. The lowest BCUT2D eigenvalue weighted by Gasteiger charge is -2.08. The standard InChI is InChI=1S/C12H16N4S/c1-8(13-2)11-10(16-12(14-3)17-11)9-6-4-5-7-15-9/h4-8,13H,1-3H3,(H,14,16). The third kappa shape index (κ3) is 2.45. The zero-order valence-corrected chi connectivity index (χ0v) is 11.0. The Labute approximate surface area is 105 Å². The van der Waals surface area contributed by atoms with Crippen LogP contribution in [-0.2, 0) is 0 Å². The molecule has 0 amide bonds. The summed E-state index contributed by atoms with van der Waals surface area (Å²) in [7, 11) is 3.83. The number of pyridine rings is 1. The first-order valence-corrected chi connectivity index (χ1v) is 6.35. The van der Waals surface area contributed by atoms with Crippen LogP contribution in [-0.4, -0.2) is 24.1 Å². The van der Waals surface area contributed by atoms with Crippen LogP contribution in [0.4, 0.5) is 5.13 Å². The van der Waals surface area contributed by atoms with Crippen molar-refractivity contribution in [1.82, 2.24) is 15.3 Å². The highest BCUT2D eigenvalue weighted by molar-refractivity contribution is 7.16. The minimum absolute atomic E-state index is 0.270. The molecule has 5 heteroatoms. The van der Waals surface area contributed by atoms with E-state index in [2.05, 4.69) is 27.5 Å². The molecule has 0 fully saturated rings. The average molecular weight is 248 g/mol. The summed E-state index contributed by atoms with van der Waals surface area (Å²) in [5.74, 6) is 0. The summed E-state index contributed by atoms with van der Waals surface area (Å²) in [5.41, 5.74) is 1.88. The van der Waals surface area contributed by atoms with Gasteiger partial charge in [-0.15, -0.1) is 0 Å². The van der Waals surface area contributed by atoms with Gasteiger partial charge in [0.2, 0.25) is 0 Å². The van der Waals surface area contributed by atoms with Crippen LogP contribution in [0.5, 0.6) is 0 Å². The van der Waals surface area contributed by atoms with Crippen LogP contribution < -0.4 is 10.6 Å². The van der Waals surface area contributed by atoms with E-state index in [4.69, 9.17) is 0 Å². The van der Waals surface area contributed by atoms with Gasteiger partial charge in [0.1, 0.15) is 5.69 Å². The summed E-state index contributed by atoms with van der Waals surface area (Å²) in [6.45, 7) is 2.12. The van der Waals surface area contributed by atoms with Crippen molar-refractivity contribution in [3.05, 3.63) is 29.3 Å². The molecule has 2 aromatic rings. The zero-order valence-electron chi connectivity index (χ0n) is 10.2. The normalized spacial score (nSPS) is 12.4. The Bertz CT molecular complexity index is 481. The lowest BCUT2D eigenvalue weighted by molar-refractivity contribution is 0.664. The van der Waals surface area contributed by atoms with Gasteiger partial charge in [0.15, 0.2) is 5.13 Å². The average Bonchev–Trinajstić information content (AvgIpc) is 2.83. The topological polar surface area (TPSA) is 49.8 Å². The molecule has 2 heterocycles. The molecule has 2 rings (SSSR count). The maximum atomic E-state index is 4.57. The quantitative estimate of drug-likeness (QED) is 0.873. The van der Waals surface area contributed by atoms with E-state index in [-0.39, 0.29) is 6.04 Å². The van der Waals surface area contributed by atoms with Crippen LogP contribution >= 0.6 is 11.3 Å². The predicted molar refractivity (Wildman–Crippen MR) is 72.4 cm³/mol. The molecular weight excluding hydrogens is 232 g/mol. The molecule has 2 N–H and O–H groups in total. The smallest absolute Gasteiger partial charge is 0.183 e. The van der Waals surface area contributed by atoms with E-state index in [0.29, 0.717) is 0 Å². The van der Waals surface area contributed by atoms with Crippen LogP contribution in [0.25, 0.3) is 11.4 Å². The third-order valence-corrected chi connectivity index (χ3v) is 3.86. The fourth-order valence-corrected chi connectivity index (χ4v) is 2.54. The van der Waals surface area contributed by atoms with Gasteiger partial charge in [-0.3, -0.25) is 4.98 Å². The molecule has 0 bridgehead atoms. The first-order chi connectivity index (χ1) is 8.26. The van der Waals surface area contributed by atoms with Crippen LogP contribution in [0.1, 0.15) is 17.8 Å². The van der Waals surface area contributed by atoms with Gasteiger partial charge < -0.3 is 10.6 Å². The van der Waals surface area contributed by atoms with E-state index in [1.54, 1.807) is 17.5 Å². The fraction of sp³-hybridized carbons (Fsp3) is 0.333. The maximum absolute atomic E-state index is 4.57. The number of anilines is 1. The van der Waals surface area contributed by atoms with E-state index >= 15 is 0 Å². The zero-order chi connectivity index (χ0) is 12.3. The highest BCUT2D eigenvalue weighted by Gasteiger charge is 2.17. The summed E-state index contributed by atoms with van der Waals surface area (Å²) in [5, 5.41) is 7.25. The van der Waals surface area contributed by atoms with Crippen LogP contribution in [0.3, 0.4) is 0 Å². The number of hydrogen-bond acceptors (Lipinski definition) is 5. The van der Waals surface area contributed by atoms with Gasteiger partial charge in [-0.1, -0.05) is 17.4 Å². The maximum Gasteiger partial charge on any atom is 0.183 e. The Kier molecular flexibility index (Phi) is 3.71. The summed E-state index contributed by atoms with van der Waals surface area (Å²) >= 11 is 1.66. The van der Waals surface area contributed by atoms with E-state index in [1.807, 2.05) is 32.3 Å². The first kappa shape index (κ1) is 12.0. The van der Waals surface area contributed by atoms with Gasteiger partial charge >= 0.3 is 0 Å². The molecule has 0 aromatic carbocycles. The molecular formula is C12H16N4S. The second-order valence-electron chi connectivity index (χ2n) is 3.71. The van der Waals surface area contributed by atoms with E-state index in [0.717, 1.165) is 16.5 Å². The Balaban J connectivity index is 2.48. The summed E-state index contributed by atoms with van der Waals surface area (Å²) in [6, 6.07) is 6.15. The molecule has 17 heavy (non-hydrogen) atoms. The summed E-state index contributed by atoms with van der Waals surface area (Å²) < 4.78 is 0. The summed E-state index contributed by atoms with van der Waals surface area (Å²) in [4.78, 5) is 10.1. The summed E-state index contributed by atoms with van der Waals surface area (Å²) in [6.07, 6.45) is 1.79. The van der Waals surface area contributed by atoms with Gasteiger partial charge in [0.05, 0.1) is 10.6 Å². The van der Waals surface area contributed by atoms with Crippen molar-refractivity contribution in [2.24, 2.45) is 0 Å². The number of nitrogens with zero attached hydrogens (tertiary/aromatic N) is 2. The first-order valence-electron chi connectivity index (χ1n) is 5.53. The van der Waals surface area contributed by atoms with Gasteiger partial charge in [0, 0.05) is 19.3 Å². The molecule has 0 saturated heterocycles. The Morgan fingerprint density at radius 2 is 2.12 bits per heavy atom. The van der Waals surface area contributed by atoms with Gasteiger partial charge in [-0.2, -0.15) is 0 Å². The van der Waals surface area contributed by atoms with Crippen LogP contribution in [0.2, 0.25) is 0 Å². The molecule has 0 aliphatic heterocycles. The Hall–Kier alpha value is -1.46. The van der Waals surface area contributed by atoms with Crippen molar-refractivity contribution in [2.75, 3.05) is 19.4 Å². The van der Waals surface area contributed by atoms with E-state index in [1.165, 1.54) is 4.88 Å². The molecule has 0 saturated carbocycles. The second kappa shape index (κ2) is 5.25. The molecule has 1 unspecified atom stereocenters. The number of nitrogens with one attached hydrogen (secondary N) is 2. The lowest BCUT2D eigenvalue weighted by atomic mass is 10.2. The highest BCUT2D eigenvalue weighted by atomic mass is 32.1. The van der Waals surface area contributed by atoms with Crippen LogP contribution in [0.15, 0.2) is 24.4 Å². The molecule has 0 radical (unpaired) electrons. The minimum atomic E-state index is 0.270. The van der Waals surface area contributed by atoms with Crippen LogP contribution in [0, 0.1) is 0 Å². The fourth-order valence-electron chi connectivity index (χ4n) is 1.55. The van der Waals surface area contributed by atoms with Crippen molar-refractivity contribution in [3.63, 3.8) is 0 Å². The van der Waals surface area contributed by atoms with Crippen molar-refractivity contribution >= 4 is 16.5 Å². The molecule has 0 aliphatic carbocycles. The minimum Gasteiger partial charge on any atom is -0.365 e. The van der Waals surface area contributed by atoms with E-state index < -0.39 is 0 Å². The van der Waals surface area contributed by atoms with Crippen molar-refractivity contribution < 1.29 is 0 Å². The second-order valence-corrected chi connectivity index (χ2v) is 4.74. The van der Waals surface area contributed by atoms with Gasteiger partial charge in [-0.25, -0.2) is 4.98 Å². The molecule has 1 atom stereocenters. The largest absolute Gasteiger partial charge is 0.365 e. The molecule has 90 valence electrons. The highest BCUT2D eigenvalue weighted by Crippen LogP contribution is 2.33.